The second kappa shape index (κ2) is 7.06. The smallest absolute Gasteiger partial charge is 0.330 e. The van der Waals surface area contributed by atoms with Gasteiger partial charge in [0.25, 0.3) is 0 Å². The van der Waals surface area contributed by atoms with Gasteiger partial charge in [0.05, 0.1) is 5.92 Å². The SMILES string of the molecule is CCC1C(Sc2cccc(F)c2)C2C(C(=O)O)C2(CC)C1(NC(C)=O)C(=O)O. The molecular weight excluding hydrogens is 385 g/mol. The third kappa shape index (κ3) is 2.64. The minimum atomic E-state index is -1.67. The monoisotopic (exact) mass is 409 g/mol. The second-order valence-corrected chi connectivity index (χ2v) is 8.84. The molecule has 2 aliphatic rings. The lowest BCUT2D eigenvalue weighted by atomic mass is 9.70. The van der Waals surface area contributed by atoms with Gasteiger partial charge in [-0.3, -0.25) is 9.59 Å². The van der Waals surface area contributed by atoms with Crippen LogP contribution in [0.25, 0.3) is 0 Å². The van der Waals surface area contributed by atoms with Crippen molar-refractivity contribution in [1.82, 2.24) is 5.32 Å². The summed E-state index contributed by atoms with van der Waals surface area (Å²) < 4.78 is 13.7. The summed E-state index contributed by atoms with van der Waals surface area (Å²) in [5.41, 5.74) is -2.73. The minimum Gasteiger partial charge on any atom is -0.481 e. The highest BCUT2D eigenvalue weighted by Gasteiger charge is 2.87. The molecule has 6 nitrogen and oxygen atoms in total. The Kier molecular flexibility index (Phi) is 5.20. The molecule has 1 aromatic rings. The number of carboxylic acids is 2. The van der Waals surface area contributed by atoms with Gasteiger partial charge in [-0.05, 0) is 37.0 Å². The number of aliphatic carboxylic acids is 2. The largest absolute Gasteiger partial charge is 0.481 e. The summed E-state index contributed by atoms with van der Waals surface area (Å²) in [6, 6.07) is 5.98. The number of hydrogen-bond acceptors (Lipinski definition) is 4. The number of nitrogens with one attached hydrogen (secondary N) is 1. The molecule has 6 unspecified atom stereocenters. The van der Waals surface area contributed by atoms with E-state index in [2.05, 4.69) is 5.32 Å². The van der Waals surface area contributed by atoms with E-state index < -0.39 is 52.4 Å². The third-order valence-corrected chi connectivity index (χ3v) is 7.93. The molecule has 3 rings (SSSR count). The molecule has 28 heavy (non-hydrogen) atoms. The van der Waals surface area contributed by atoms with Crippen LogP contribution >= 0.6 is 11.8 Å². The molecule has 0 spiro atoms. The van der Waals surface area contributed by atoms with Crippen molar-refractivity contribution in [2.45, 2.75) is 49.3 Å². The van der Waals surface area contributed by atoms with Crippen LogP contribution in [-0.2, 0) is 14.4 Å². The van der Waals surface area contributed by atoms with Gasteiger partial charge in [0, 0.05) is 28.4 Å². The molecule has 0 bridgehead atoms. The van der Waals surface area contributed by atoms with Crippen LogP contribution in [-0.4, -0.2) is 38.8 Å². The number of halogens is 1. The van der Waals surface area contributed by atoms with Crippen molar-refractivity contribution >= 4 is 29.6 Å². The standard InChI is InChI=1S/C20H24FNO5S/c1-4-13-16(28-12-8-6-7-11(21)9-12)14-15(17(24)25)19(14,5-2)20(13,18(26)27)22-10(3)23/h6-9,13-16H,4-5H2,1-3H3,(H,22,23)(H,24,25)(H,26,27). The molecule has 2 aliphatic carbocycles. The fourth-order valence-corrected chi connectivity index (χ4v) is 7.46. The molecule has 8 heteroatoms. The number of rotatable bonds is 7. The topological polar surface area (TPSA) is 104 Å². The van der Waals surface area contributed by atoms with Gasteiger partial charge >= 0.3 is 11.9 Å². The van der Waals surface area contributed by atoms with Crippen molar-refractivity contribution in [3.8, 4) is 0 Å². The maximum Gasteiger partial charge on any atom is 0.330 e. The third-order valence-electron chi connectivity index (χ3n) is 6.51. The molecular formula is C20H24FNO5S. The molecule has 6 atom stereocenters. The van der Waals surface area contributed by atoms with E-state index in [-0.39, 0.29) is 5.25 Å². The first-order valence-corrected chi connectivity index (χ1v) is 10.2. The summed E-state index contributed by atoms with van der Waals surface area (Å²) in [6.45, 7) is 4.87. The van der Waals surface area contributed by atoms with Gasteiger partial charge in [-0.15, -0.1) is 11.8 Å². The lowest BCUT2D eigenvalue weighted by molar-refractivity contribution is -0.155. The Morgan fingerprint density at radius 1 is 1.25 bits per heavy atom. The van der Waals surface area contributed by atoms with Crippen molar-refractivity contribution in [2.24, 2.45) is 23.2 Å². The summed E-state index contributed by atoms with van der Waals surface area (Å²) in [5.74, 6) is -4.93. The Morgan fingerprint density at radius 3 is 2.39 bits per heavy atom. The van der Waals surface area contributed by atoms with Gasteiger partial charge in [0.15, 0.2) is 0 Å². The minimum absolute atomic E-state index is 0.317. The van der Waals surface area contributed by atoms with E-state index >= 15 is 0 Å². The lowest BCUT2D eigenvalue weighted by Gasteiger charge is -2.42. The van der Waals surface area contributed by atoms with Gasteiger partial charge in [0.2, 0.25) is 5.91 Å². The number of benzene rings is 1. The highest BCUT2D eigenvalue weighted by atomic mass is 32.2. The molecule has 1 aromatic carbocycles. The number of carbonyl (C=O) groups excluding carboxylic acids is 1. The molecule has 0 saturated heterocycles. The Labute approximate surface area is 166 Å². The summed E-state index contributed by atoms with van der Waals surface area (Å²) in [7, 11) is 0. The van der Waals surface area contributed by atoms with E-state index in [1.54, 1.807) is 19.1 Å². The molecule has 0 heterocycles. The zero-order chi connectivity index (χ0) is 20.9. The van der Waals surface area contributed by atoms with Crippen molar-refractivity contribution in [2.75, 3.05) is 0 Å². The van der Waals surface area contributed by atoms with Gasteiger partial charge in [-0.2, -0.15) is 0 Å². The molecule has 152 valence electrons. The maximum absolute atomic E-state index is 13.7. The van der Waals surface area contributed by atoms with Crippen LogP contribution in [0.4, 0.5) is 4.39 Å². The van der Waals surface area contributed by atoms with Crippen molar-refractivity contribution in [1.29, 1.82) is 0 Å². The first-order valence-electron chi connectivity index (χ1n) is 9.34. The average molecular weight is 409 g/mol. The summed E-state index contributed by atoms with van der Waals surface area (Å²) >= 11 is 1.31. The molecule has 3 N–H and O–H groups in total. The average Bonchev–Trinajstić information content (AvgIpc) is 3.24. The Balaban J connectivity index is 2.15. The van der Waals surface area contributed by atoms with E-state index in [4.69, 9.17) is 0 Å². The summed E-state index contributed by atoms with van der Waals surface area (Å²) in [5, 5.41) is 22.4. The molecule has 2 saturated carbocycles. The number of carboxylic acid groups (broad SMARTS) is 2. The quantitative estimate of drug-likeness (QED) is 0.640. The Bertz CT molecular complexity index is 833. The van der Waals surface area contributed by atoms with Crippen LogP contribution in [0.1, 0.15) is 33.6 Å². The van der Waals surface area contributed by atoms with E-state index in [1.807, 2.05) is 6.92 Å². The number of thioether (sulfide) groups is 1. The Hall–Kier alpha value is -2.09. The van der Waals surface area contributed by atoms with Gasteiger partial charge in [-0.1, -0.05) is 19.9 Å². The zero-order valence-corrected chi connectivity index (χ0v) is 16.8. The lowest BCUT2D eigenvalue weighted by Crippen LogP contribution is -2.64. The fraction of sp³-hybridized carbons (Fsp3) is 0.550. The van der Waals surface area contributed by atoms with E-state index in [1.165, 1.54) is 30.8 Å². The van der Waals surface area contributed by atoms with Crippen LogP contribution in [0.15, 0.2) is 29.2 Å². The number of amides is 1. The first-order chi connectivity index (χ1) is 13.2. The fourth-order valence-electron chi connectivity index (χ4n) is 5.70. The summed E-state index contributed by atoms with van der Waals surface area (Å²) in [4.78, 5) is 37.2. The van der Waals surface area contributed by atoms with Crippen LogP contribution in [0.3, 0.4) is 0 Å². The van der Waals surface area contributed by atoms with E-state index in [0.29, 0.717) is 17.7 Å². The predicted molar refractivity (Wildman–Crippen MR) is 101 cm³/mol. The first kappa shape index (κ1) is 20.6. The normalized spacial score (nSPS) is 35.9. The van der Waals surface area contributed by atoms with Crippen LogP contribution < -0.4 is 5.32 Å². The van der Waals surface area contributed by atoms with E-state index in [0.717, 1.165) is 0 Å². The molecule has 0 aliphatic heterocycles. The number of carbonyl (C=O) groups is 3. The zero-order valence-electron chi connectivity index (χ0n) is 15.9. The number of fused-ring (bicyclic) bond motifs is 1. The summed E-state index contributed by atoms with van der Waals surface area (Å²) in [6.07, 6.45) is 0.766. The highest BCUT2D eigenvalue weighted by Crippen LogP contribution is 2.78. The second-order valence-electron chi connectivity index (χ2n) is 7.58. The van der Waals surface area contributed by atoms with E-state index in [9.17, 15) is 29.0 Å². The molecule has 2 fully saturated rings. The molecule has 0 aromatic heterocycles. The molecule has 0 radical (unpaired) electrons. The van der Waals surface area contributed by atoms with Gasteiger partial charge in [-0.25, -0.2) is 9.18 Å². The highest BCUT2D eigenvalue weighted by molar-refractivity contribution is 8.00. The maximum atomic E-state index is 13.7. The van der Waals surface area contributed by atoms with Crippen molar-refractivity contribution in [3.05, 3.63) is 30.1 Å². The van der Waals surface area contributed by atoms with Gasteiger partial charge in [0.1, 0.15) is 11.4 Å². The predicted octanol–water partition coefficient (Wildman–Crippen LogP) is 3.01. The number of hydrogen-bond donors (Lipinski definition) is 3. The van der Waals surface area contributed by atoms with Crippen LogP contribution in [0.2, 0.25) is 0 Å². The van der Waals surface area contributed by atoms with Gasteiger partial charge < -0.3 is 15.5 Å². The molecule has 1 amide bonds. The van der Waals surface area contributed by atoms with Crippen molar-refractivity contribution < 1.29 is 29.0 Å². The Morgan fingerprint density at radius 2 is 1.93 bits per heavy atom. The van der Waals surface area contributed by atoms with Crippen molar-refractivity contribution in [3.63, 3.8) is 0 Å². The van der Waals surface area contributed by atoms with Crippen LogP contribution in [0.5, 0.6) is 0 Å². The van der Waals surface area contributed by atoms with Crippen LogP contribution in [0, 0.1) is 29.0 Å².